The molecule has 1 saturated heterocycles. The number of aliphatic carboxylic acids is 1. The largest absolute Gasteiger partial charge is 0.478 e. The molecule has 0 saturated carbocycles. The first-order valence-electron chi connectivity index (χ1n) is 7.80. The van der Waals surface area contributed by atoms with Crippen LogP contribution >= 0.6 is 0 Å². The fraction of sp³-hybridized carbons (Fsp3) is 0.500. The molecular formula is C16H22FN3O4. The first-order chi connectivity index (χ1) is 11.4. The van der Waals surface area contributed by atoms with Crippen LogP contribution in [0.2, 0.25) is 0 Å². The third-order valence-electron chi connectivity index (χ3n) is 3.88. The van der Waals surface area contributed by atoms with E-state index < -0.39 is 23.9 Å². The highest BCUT2D eigenvalue weighted by Gasteiger charge is 2.31. The lowest BCUT2D eigenvalue weighted by atomic mass is 9.99. The van der Waals surface area contributed by atoms with Crippen LogP contribution in [0, 0.1) is 11.7 Å². The Kier molecular flexibility index (Phi) is 6.10. The fourth-order valence-corrected chi connectivity index (χ4v) is 2.36. The maximum Gasteiger partial charge on any atom is 0.346 e. The average Bonchev–Trinajstić information content (AvgIpc) is 3.03. The van der Waals surface area contributed by atoms with Gasteiger partial charge in [-0.3, -0.25) is 10.2 Å². The van der Waals surface area contributed by atoms with Crippen molar-refractivity contribution in [2.75, 3.05) is 6.54 Å². The summed E-state index contributed by atoms with van der Waals surface area (Å²) in [5, 5.41) is 11.8. The average molecular weight is 339 g/mol. The minimum atomic E-state index is -1.25. The number of carbonyl (C=O) groups excluding carboxylic acids is 1. The van der Waals surface area contributed by atoms with E-state index in [1.807, 2.05) is 0 Å². The predicted octanol–water partition coefficient (Wildman–Crippen LogP) is 0.665. The van der Waals surface area contributed by atoms with Gasteiger partial charge in [0.2, 0.25) is 12.0 Å². The van der Waals surface area contributed by atoms with E-state index >= 15 is 0 Å². The quantitative estimate of drug-likeness (QED) is 0.583. The molecule has 0 aromatic heterocycles. The lowest BCUT2D eigenvalue weighted by Gasteiger charge is -2.17. The topological polar surface area (TPSA) is 99.7 Å². The van der Waals surface area contributed by atoms with Crippen molar-refractivity contribution >= 4 is 11.9 Å². The SMILES string of the molecule is CC(C)C1CC(C(=O)NCC(Oc2ccc(F)cc2)C(=O)O)NN1. The Morgan fingerprint density at radius 2 is 2.00 bits per heavy atom. The molecule has 4 N–H and O–H groups in total. The number of nitrogens with one attached hydrogen (secondary N) is 3. The molecule has 0 aliphatic carbocycles. The van der Waals surface area contributed by atoms with E-state index in [9.17, 15) is 19.1 Å². The number of carboxylic acids is 1. The molecule has 1 amide bonds. The number of hydrogen-bond donors (Lipinski definition) is 4. The summed E-state index contributed by atoms with van der Waals surface area (Å²) in [5.74, 6) is -1.35. The van der Waals surface area contributed by atoms with Crippen molar-refractivity contribution in [1.29, 1.82) is 0 Å². The lowest BCUT2D eigenvalue weighted by molar-refractivity contribution is -0.145. The minimum absolute atomic E-state index is 0.184. The van der Waals surface area contributed by atoms with E-state index in [-0.39, 0.29) is 24.2 Å². The molecule has 132 valence electrons. The molecule has 1 aliphatic rings. The second-order valence-corrected chi connectivity index (χ2v) is 6.07. The highest BCUT2D eigenvalue weighted by molar-refractivity contribution is 5.83. The zero-order valence-electron chi connectivity index (χ0n) is 13.6. The molecule has 1 aromatic carbocycles. The number of rotatable bonds is 7. The summed E-state index contributed by atoms with van der Waals surface area (Å²) in [6, 6.07) is 4.79. The molecule has 8 heteroatoms. The second kappa shape index (κ2) is 8.07. The summed E-state index contributed by atoms with van der Waals surface area (Å²) < 4.78 is 18.1. The third-order valence-corrected chi connectivity index (χ3v) is 3.88. The summed E-state index contributed by atoms with van der Waals surface area (Å²) in [6.45, 7) is 3.92. The van der Waals surface area contributed by atoms with Gasteiger partial charge in [-0.15, -0.1) is 0 Å². The standard InChI is InChI=1S/C16H22FN3O4/c1-9(2)12-7-13(20-19-12)15(21)18-8-14(16(22)23)24-11-5-3-10(17)4-6-11/h3-6,9,12-14,19-20H,7-8H2,1-2H3,(H,18,21)(H,22,23). The Labute approximate surface area is 139 Å². The van der Waals surface area contributed by atoms with Gasteiger partial charge in [0.1, 0.15) is 17.6 Å². The van der Waals surface area contributed by atoms with Crippen LogP contribution in [-0.2, 0) is 9.59 Å². The maximum atomic E-state index is 12.9. The monoisotopic (exact) mass is 339 g/mol. The predicted molar refractivity (Wildman–Crippen MR) is 84.8 cm³/mol. The Morgan fingerprint density at radius 3 is 2.54 bits per heavy atom. The van der Waals surface area contributed by atoms with Gasteiger partial charge < -0.3 is 15.2 Å². The van der Waals surface area contributed by atoms with Crippen molar-refractivity contribution in [3.05, 3.63) is 30.1 Å². The van der Waals surface area contributed by atoms with Crippen LogP contribution in [0.5, 0.6) is 5.75 Å². The van der Waals surface area contributed by atoms with Gasteiger partial charge >= 0.3 is 5.97 Å². The van der Waals surface area contributed by atoms with Crippen molar-refractivity contribution in [2.24, 2.45) is 5.92 Å². The number of carboxylic acid groups (broad SMARTS) is 1. The summed E-state index contributed by atoms with van der Waals surface area (Å²) in [6.07, 6.45) is -0.630. The molecule has 0 bridgehead atoms. The number of ether oxygens (including phenoxy) is 1. The smallest absolute Gasteiger partial charge is 0.346 e. The third kappa shape index (κ3) is 4.90. The summed E-state index contributed by atoms with van der Waals surface area (Å²) in [5.41, 5.74) is 5.95. The Hall–Kier alpha value is -2.19. The van der Waals surface area contributed by atoms with Crippen LogP contribution in [0.15, 0.2) is 24.3 Å². The van der Waals surface area contributed by atoms with Gasteiger partial charge in [-0.2, -0.15) is 0 Å². The van der Waals surface area contributed by atoms with Gasteiger partial charge in [-0.05, 0) is 36.6 Å². The minimum Gasteiger partial charge on any atom is -0.478 e. The molecule has 1 heterocycles. The molecule has 24 heavy (non-hydrogen) atoms. The van der Waals surface area contributed by atoms with Gasteiger partial charge in [-0.1, -0.05) is 13.8 Å². The highest BCUT2D eigenvalue weighted by Crippen LogP contribution is 2.14. The molecular weight excluding hydrogens is 317 g/mol. The Bertz CT molecular complexity index is 579. The molecule has 1 aliphatic heterocycles. The van der Waals surface area contributed by atoms with Gasteiger partial charge in [0.05, 0.1) is 6.54 Å². The van der Waals surface area contributed by atoms with E-state index in [4.69, 9.17) is 4.74 Å². The summed E-state index contributed by atoms with van der Waals surface area (Å²) >= 11 is 0. The van der Waals surface area contributed by atoms with Crippen molar-refractivity contribution in [3.8, 4) is 5.75 Å². The Balaban J connectivity index is 1.86. The van der Waals surface area contributed by atoms with Crippen LogP contribution in [0.4, 0.5) is 4.39 Å². The van der Waals surface area contributed by atoms with Crippen LogP contribution < -0.4 is 20.9 Å². The normalized spacial score (nSPS) is 21.5. The van der Waals surface area contributed by atoms with Gasteiger partial charge in [0.15, 0.2) is 0 Å². The van der Waals surface area contributed by atoms with E-state index in [1.54, 1.807) is 0 Å². The lowest BCUT2D eigenvalue weighted by Crippen LogP contribution is -2.47. The zero-order valence-corrected chi connectivity index (χ0v) is 13.6. The van der Waals surface area contributed by atoms with Crippen LogP contribution in [0.3, 0.4) is 0 Å². The molecule has 3 unspecified atom stereocenters. The van der Waals surface area contributed by atoms with E-state index in [2.05, 4.69) is 30.0 Å². The molecule has 1 aromatic rings. The van der Waals surface area contributed by atoms with Gasteiger partial charge in [-0.25, -0.2) is 14.6 Å². The zero-order chi connectivity index (χ0) is 17.7. The fourth-order valence-electron chi connectivity index (χ4n) is 2.36. The summed E-state index contributed by atoms with van der Waals surface area (Å²) in [4.78, 5) is 23.4. The van der Waals surface area contributed by atoms with E-state index in [1.165, 1.54) is 24.3 Å². The molecule has 2 rings (SSSR count). The van der Waals surface area contributed by atoms with E-state index in [0.29, 0.717) is 12.3 Å². The van der Waals surface area contributed by atoms with Gasteiger partial charge in [0, 0.05) is 6.04 Å². The summed E-state index contributed by atoms with van der Waals surface area (Å²) in [7, 11) is 0. The number of carbonyl (C=O) groups is 2. The van der Waals surface area contributed by atoms with Gasteiger partial charge in [0.25, 0.3) is 0 Å². The number of halogens is 1. The highest BCUT2D eigenvalue weighted by atomic mass is 19.1. The molecule has 3 atom stereocenters. The second-order valence-electron chi connectivity index (χ2n) is 6.07. The number of benzene rings is 1. The first-order valence-corrected chi connectivity index (χ1v) is 7.80. The van der Waals surface area contributed by atoms with Crippen molar-refractivity contribution in [2.45, 2.75) is 38.5 Å². The molecule has 0 radical (unpaired) electrons. The van der Waals surface area contributed by atoms with Crippen molar-refractivity contribution < 1.29 is 23.8 Å². The number of amides is 1. The maximum absolute atomic E-state index is 12.9. The van der Waals surface area contributed by atoms with Crippen LogP contribution in [-0.4, -0.2) is 41.7 Å². The van der Waals surface area contributed by atoms with Crippen molar-refractivity contribution in [1.82, 2.24) is 16.2 Å². The first kappa shape index (κ1) is 18.2. The van der Waals surface area contributed by atoms with E-state index in [0.717, 1.165) is 0 Å². The molecule has 7 nitrogen and oxygen atoms in total. The molecule has 0 spiro atoms. The van der Waals surface area contributed by atoms with Crippen LogP contribution in [0.1, 0.15) is 20.3 Å². The van der Waals surface area contributed by atoms with Crippen LogP contribution in [0.25, 0.3) is 0 Å². The Morgan fingerprint density at radius 1 is 1.33 bits per heavy atom. The molecule has 1 fully saturated rings. The number of hydrazine groups is 1. The number of hydrogen-bond acceptors (Lipinski definition) is 5. The van der Waals surface area contributed by atoms with Crippen molar-refractivity contribution in [3.63, 3.8) is 0 Å².